The van der Waals surface area contributed by atoms with Crippen LogP contribution in [0, 0.1) is 19.8 Å². The molecule has 2 aromatic rings. The molecule has 1 aliphatic heterocycles. The van der Waals surface area contributed by atoms with Crippen molar-refractivity contribution in [3.63, 3.8) is 0 Å². The molecule has 0 aromatic carbocycles. The van der Waals surface area contributed by atoms with Gasteiger partial charge in [-0.25, -0.2) is 4.98 Å². The highest BCUT2D eigenvalue weighted by Crippen LogP contribution is 2.20. The maximum Gasteiger partial charge on any atom is 0.208 e. The Kier molecular flexibility index (Phi) is 9.42. The van der Waals surface area contributed by atoms with Crippen molar-refractivity contribution in [3.8, 4) is 0 Å². The van der Waals surface area contributed by atoms with Gasteiger partial charge in [-0.3, -0.25) is 9.89 Å². The zero-order valence-electron chi connectivity index (χ0n) is 19.2. The van der Waals surface area contributed by atoms with Gasteiger partial charge in [-0.2, -0.15) is 0 Å². The van der Waals surface area contributed by atoms with E-state index >= 15 is 0 Å². The van der Waals surface area contributed by atoms with Gasteiger partial charge in [0, 0.05) is 26.2 Å². The Bertz CT molecular complexity index is 760. The van der Waals surface area contributed by atoms with E-state index in [0.29, 0.717) is 19.1 Å². The van der Waals surface area contributed by atoms with Gasteiger partial charge >= 0.3 is 0 Å². The fourth-order valence-electron chi connectivity index (χ4n) is 3.64. The second-order valence-electron chi connectivity index (χ2n) is 8.10. The number of rotatable bonds is 11. The molecule has 0 saturated carbocycles. The number of nitrogens with zero attached hydrogens (tertiary/aromatic N) is 3. The van der Waals surface area contributed by atoms with Crippen molar-refractivity contribution >= 4 is 5.96 Å². The monoisotopic (exact) mass is 431 g/mol. The normalized spacial score (nSPS) is 16.0. The second-order valence-corrected chi connectivity index (χ2v) is 8.10. The predicted octanol–water partition coefficient (Wildman–Crippen LogP) is 3.26. The number of hydrogen-bond donors (Lipinski definition) is 2. The van der Waals surface area contributed by atoms with Crippen LogP contribution in [0.4, 0.5) is 0 Å². The summed E-state index contributed by atoms with van der Waals surface area (Å²) in [5, 5.41) is 6.74. The third kappa shape index (κ3) is 8.03. The quantitative estimate of drug-likeness (QED) is 0.321. The van der Waals surface area contributed by atoms with E-state index in [1.54, 1.807) is 6.26 Å². The highest BCUT2D eigenvalue weighted by Gasteiger charge is 2.20. The van der Waals surface area contributed by atoms with Gasteiger partial charge < -0.3 is 24.2 Å². The number of oxazole rings is 1. The average molecular weight is 432 g/mol. The number of ether oxygens (including phenoxy) is 1. The van der Waals surface area contributed by atoms with E-state index < -0.39 is 0 Å². The van der Waals surface area contributed by atoms with E-state index in [9.17, 15) is 0 Å². The zero-order chi connectivity index (χ0) is 21.9. The largest absolute Gasteiger partial charge is 0.467 e. The van der Waals surface area contributed by atoms with Crippen LogP contribution < -0.4 is 10.6 Å². The molecule has 0 bridgehead atoms. The van der Waals surface area contributed by atoms with Gasteiger partial charge in [0.15, 0.2) is 5.96 Å². The molecule has 2 aromatic heterocycles. The van der Waals surface area contributed by atoms with Gasteiger partial charge in [0.25, 0.3) is 0 Å². The Morgan fingerprint density at radius 1 is 1.29 bits per heavy atom. The number of guanidine groups is 1. The molecule has 3 heterocycles. The summed E-state index contributed by atoms with van der Waals surface area (Å²) in [5.74, 6) is 4.13. The van der Waals surface area contributed by atoms with E-state index in [1.807, 2.05) is 26.0 Å². The first-order chi connectivity index (χ1) is 15.1. The first kappa shape index (κ1) is 23.3. The van der Waals surface area contributed by atoms with Crippen LogP contribution >= 0.6 is 0 Å². The summed E-state index contributed by atoms with van der Waals surface area (Å²) in [4.78, 5) is 11.7. The Hall–Kier alpha value is -2.32. The Labute approximate surface area is 185 Å². The van der Waals surface area contributed by atoms with E-state index in [1.165, 1.54) is 0 Å². The Balaban J connectivity index is 1.31. The summed E-state index contributed by atoms with van der Waals surface area (Å²) < 4.78 is 16.6. The molecular weight excluding hydrogens is 394 g/mol. The average Bonchev–Trinajstić information content (AvgIpc) is 3.39. The van der Waals surface area contributed by atoms with Crippen LogP contribution in [0.15, 0.2) is 32.2 Å². The lowest BCUT2D eigenvalue weighted by Gasteiger charge is -2.30. The minimum atomic E-state index is 0.523. The molecule has 1 saturated heterocycles. The summed E-state index contributed by atoms with van der Waals surface area (Å²) in [7, 11) is 0. The van der Waals surface area contributed by atoms with Crippen molar-refractivity contribution in [1.82, 2.24) is 20.5 Å². The minimum Gasteiger partial charge on any atom is -0.467 e. The van der Waals surface area contributed by atoms with Crippen molar-refractivity contribution in [2.24, 2.45) is 10.9 Å². The van der Waals surface area contributed by atoms with Crippen LogP contribution in [-0.2, 0) is 17.9 Å². The van der Waals surface area contributed by atoms with Crippen LogP contribution in [0.5, 0.6) is 0 Å². The molecule has 2 N–H and O–H groups in total. The molecule has 0 spiro atoms. The zero-order valence-corrected chi connectivity index (χ0v) is 19.2. The van der Waals surface area contributed by atoms with Gasteiger partial charge in [-0.15, -0.1) is 0 Å². The van der Waals surface area contributed by atoms with E-state index in [0.717, 1.165) is 87.6 Å². The topological polar surface area (TPSA) is 88.1 Å². The molecule has 31 heavy (non-hydrogen) atoms. The van der Waals surface area contributed by atoms with E-state index in [4.69, 9.17) is 18.6 Å². The molecule has 0 radical (unpaired) electrons. The van der Waals surface area contributed by atoms with Gasteiger partial charge in [0.2, 0.25) is 5.89 Å². The molecule has 8 nitrogen and oxygen atoms in total. The molecule has 0 unspecified atom stereocenters. The molecular formula is C23H37N5O3. The number of hydrogen-bond acceptors (Lipinski definition) is 6. The third-order valence-electron chi connectivity index (χ3n) is 5.57. The Morgan fingerprint density at radius 2 is 2.13 bits per heavy atom. The van der Waals surface area contributed by atoms with Gasteiger partial charge in [-0.1, -0.05) is 0 Å². The van der Waals surface area contributed by atoms with Crippen molar-refractivity contribution in [3.05, 3.63) is 41.5 Å². The number of piperidine rings is 1. The first-order valence-electron chi connectivity index (χ1n) is 11.4. The number of aryl methyl sites for hydroxylation is 2. The van der Waals surface area contributed by atoms with E-state index in [2.05, 4.69) is 27.4 Å². The van der Waals surface area contributed by atoms with Crippen molar-refractivity contribution in [2.75, 3.05) is 39.3 Å². The van der Waals surface area contributed by atoms with Crippen molar-refractivity contribution < 1.29 is 13.6 Å². The fourth-order valence-corrected chi connectivity index (χ4v) is 3.64. The fraction of sp³-hybridized carbons (Fsp3) is 0.652. The molecule has 1 fully saturated rings. The van der Waals surface area contributed by atoms with Gasteiger partial charge in [-0.05, 0) is 71.2 Å². The molecule has 0 amide bonds. The van der Waals surface area contributed by atoms with E-state index in [-0.39, 0.29) is 0 Å². The highest BCUT2D eigenvalue weighted by atomic mass is 16.5. The number of nitrogens with one attached hydrogen (secondary N) is 2. The number of aromatic nitrogens is 1. The number of aliphatic imine (C=N–C) groups is 1. The molecule has 1 aliphatic rings. The van der Waals surface area contributed by atoms with Crippen LogP contribution in [-0.4, -0.2) is 55.2 Å². The van der Waals surface area contributed by atoms with Crippen molar-refractivity contribution in [1.29, 1.82) is 0 Å². The molecule has 172 valence electrons. The predicted molar refractivity (Wildman–Crippen MR) is 121 cm³/mol. The van der Waals surface area contributed by atoms with Crippen LogP contribution in [0.25, 0.3) is 0 Å². The Morgan fingerprint density at radius 3 is 2.81 bits per heavy atom. The lowest BCUT2D eigenvalue weighted by Crippen LogP contribution is -2.39. The number of likely N-dealkylation sites (tertiary alicyclic amines) is 1. The van der Waals surface area contributed by atoms with Gasteiger partial charge in [0.05, 0.1) is 18.5 Å². The number of furan rings is 1. The smallest absolute Gasteiger partial charge is 0.208 e. The molecule has 0 aliphatic carbocycles. The SMILES string of the molecule is CCNC(=NCC1CCN(Cc2nc(C)c(C)o2)CC1)NCCCOCc1ccco1. The summed E-state index contributed by atoms with van der Waals surface area (Å²) >= 11 is 0. The lowest BCUT2D eigenvalue weighted by molar-refractivity contribution is 0.105. The minimum absolute atomic E-state index is 0.523. The van der Waals surface area contributed by atoms with Crippen LogP contribution in [0.3, 0.4) is 0 Å². The third-order valence-corrected chi connectivity index (χ3v) is 5.57. The van der Waals surface area contributed by atoms with Gasteiger partial charge in [0.1, 0.15) is 18.1 Å². The first-order valence-corrected chi connectivity index (χ1v) is 11.4. The summed E-state index contributed by atoms with van der Waals surface area (Å²) in [6, 6.07) is 3.80. The molecule has 3 rings (SSSR count). The standard InChI is InChI=1S/C23H37N5O3/c1-4-24-23(25-10-6-13-29-17-21-7-5-14-30-21)26-15-20-8-11-28(12-9-20)16-22-27-18(2)19(3)31-22/h5,7,14,20H,4,6,8-13,15-17H2,1-3H3,(H2,24,25,26). The van der Waals surface area contributed by atoms with Crippen LogP contribution in [0.2, 0.25) is 0 Å². The maximum absolute atomic E-state index is 5.73. The summed E-state index contributed by atoms with van der Waals surface area (Å²) in [5.41, 5.74) is 0.992. The molecule has 0 atom stereocenters. The van der Waals surface area contributed by atoms with Crippen molar-refractivity contribution in [2.45, 2.75) is 53.2 Å². The summed E-state index contributed by atoms with van der Waals surface area (Å²) in [6.45, 7) is 12.8. The lowest BCUT2D eigenvalue weighted by atomic mass is 9.97. The molecule has 8 heteroatoms. The maximum atomic E-state index is 5.73. The second kappa shape index (κ2) is 12.5. The van der Waals surface area contributed by atoms with Crippen LogP contribution in [0.1, 0.15) is 49.3 Å². The summed E-state index contributed by atoms with van der Waals surface area (Å²) in [6.07, 6.45) is 4.90. The highest BCUT2D eigenvalue weighted by molar-refractivity contribution is 5.79.